The summed E-state index contributed by atoms with van der Waals surface area (Å²) >= 11 is 0. The van der Waals surface area contributed by atoms with E-state index in [0.717, 1.165) is 25.8 Å². The summed E-state index contributed by atoms with van der Waals surface area (Å²) in [6, 6.07) is 3.89. The fourth-order valence-electron chi connectivity index (χ4n) is 7.40. The predicted octanol–water partition coefficient (Wildman–Crippen LogP) is 14.4. The zero-order valence-electron chi connectivity index (χ0n) is 55.7. The number of hydrogen-bond acceptors (Lipinski definition) is 3. The SMILES string of the molecule is [2H]c1c([2H])c([2H])c(-c2c([2H])c([2H])c3c4c([2H])c([2H])c(-c5c([2H])c([2H])c([2H])c([2H])c5[2H])c([2H])c4n(-c4nc(-c5ccc(-c6ccc(-c7ccccc7)cc6)cc5)nc(-n5c6c([2H])c([2H])c([2H])c([2H])c6c6c([2H])c([2H])c([2H])c([2H])c65)n4)c3c2[2H])c([2H])c1[2H]. The van der Waals surface area contributed by atoms with Crippen LogP contribution >= 0.6 is 0 Å². The summed E-state index contributed by atoms with van der Waals surface area (Å²) in [4.78, 5) is 14.5. The van der Waals surface area contributed by atoms with Crippen LogP contribution in [-0.2, 0) is 0 Å². The molecule has 290 valence electrons. The Balaban J connectivity index is 1.28. The molecule has 0 aliphatic heterocycles. The van der Waals surface area contributed by atoms with E-state index in [4.69, 9.17) is 36.9 Å². The minimum absolute atomic E-state index is 0.172. The molecule has 0 unspecified atom stereocenters. The van der Waals surface area contributed by atoms with Gasteiger partial charge in [-0.25, -0.2) is 0 Å². The van der Waals surface area contributed by atoms with Crippen molar-refractivity contribution in [3.05, 3.63) is 224 Å². The molecule has 0 bridgehead atoms. The van der Waals surface area contributed by atoms with Gasteiger partial charge in [0.15, 0.2) is 5.82 Å². The summed E-state index contributed by atoms with van der Waals surface area (Å²) in [5.74, 6) is -1.67. The first kappa shape index (κ1) is 18.9. The number of aromatic nitrogens is 5. The first-order valence-corrected chi connectivity index (χ1v) is 19.0. The normalized spacial score (nSPS) is 17.0. The highest BCUT2D eigenvalue weighted by Crippen LogP contribution is 2.38. The third kappa shape index (κ3) is 6.06. The van der Waals surface area contributed by atoms with E-state index < -0.39 is 212 Å². The van der Waals surface area contributed by atoms with E-state index in [1.807, 2.05) is 54.6 Å². The Morgan fingerprint density at radius 3 is 1.16 bits per heavy atom. The number of nitrogens with zero attached hydrogens (tertiary/aromatic N) is 5. The van der Waals surface area contributed by atoms with E-state index in [2.05, 4.69) is 0 Å². The smallest absolute Gasteiger partial charge is 0.240 e. The zero-order valence-corrected chi connectivity index (χ0v) is 31.7. The van der Waals surface area contributed by atoms with Crippen molar-refractivity contribution in [2.24, 2.45) is 0 Å². The molecule has 0 atom stereocenters. The quantitative estimate of drug-likeness (QED) is 0.161. The second-order valence-electron chi connectivity index (χ2n) is 13.8. The average molecular weight is 816 g/mol. The standard InChI is InChI=1S/C57H37N5/c1-4-14-38(15-5-1)41-24-26-42(27-25-41)43-28-30-44(31-29-43)55-58-56(61-51-22-12-10-20-47(51)48-21-11-13-23-52(48)61)60-57(59-55)62-53-36-45(39-16-6-2-7-17-39)32-34-49(53)50-35-33-46(37-54(50)62)40-18-8-3-9-19-40/h1-37H/i2D,3D,6D,7D,8D,9D,10D,11D,12D,13D,16D,17D,18D,19D,20D,21D,22D,23D,32D,33D,34D,35D,36D,37D. The van der Waals surface area contributed by atoms with Crippen molar-refractivity contribution in [1.82, 2.24) is 24.1 Å². The molecule has 5 nitrogen and oxygen atoms in total. The Morgan fingerprint density at radius 2 is 0.677 bits per heavy atom. The molecule has 0 saturated heterocycles. The van der Waals surface area contributed by atoms with Gasteiger partial charge in [-0.05, 0) is 68.7 Å². The summed E-state index contributed by atoms with van der Waals surface area (Å²) in [6.07, 6.45) is 0. The van der Waals surface area contributed by atoms with Crippen molar-refractivity contribution < 1.29 is 32.9 Å². The van der Waals surface area contributed by atoms with E-state index in [1.165, 1.54) is 0 Å². The van der Waals surface area contributed by atoms with Crippen molar-refractivity contribution in [2.75, 3.05) is 0 Å². The van der Waals surface area contributed by atoms with Gasteiger partial charge in [-0.3, -0.25) is 9.13 Å². The van der Waals surface area contributed by atoms with Crippen molar-refractivity contribution in [1.29, 1.82) is 0 Å². The molecule has 0 fully saturated rings. The second-order valence-corrected chi connectivity index (χ2v) is 13.8. The zero-order chi connectivity index (χ0) is 61.9. The van der Waals surface area contributed by atoms with Gasteiger partial charge in [-0.15, -0.1) is 0 Å². The molecule has 9 aromatic carbocycles. The molecule has 5 heteroatoms. The number of hydrogen-bond donors (Lipinski definition) is 0. The van der Waals surface area contributed by atoms with E-state index >= 15 is 0 Å². The maximum Gasteiger partial charge on any atom is 0.240 e. The molecule has 0 aliphatic carbocycles. The maximum atomic E-state index is 10.1. The largest absolute Gasteiger partial charge is 0.278 e. The summed E-state index contributed by atoms with van der Waals surface area (Å²) < 4.78 is 219. The molecule has 3 aromatic heterocycles. The first-order chi connectivity index (χ1) is 40.7. The summed E-state index contributed by atoms with van der Waals surface area (Å²) in [5, 5.41) is -1.81. The second kappa shape index (κ2) is 14.7. The van der Waals surface area contributed by atoms with E-state index in [9.17, 15) is 11.0 Å². The van der Waals surface area contributed by atoms with Crippen molar-refractivity contribution in [2.45, 2.75) is 0 Å². The fraction of sp³-hybridized carbons (Fsp3) is 0. The topological polar surface area (TPSA) is 48.5 Å². The highest BCUT2D eigenvalue weighted by atomic mass is 15.3. The predicted molar refractivity (Wildman–Crippen MR) is 256 cm³/mol. The third-order valence-corrected chi connectivity index (χ3v) is 10.3. The number of para-hydroxylation sites is 2. The van der Waals surface area contributed by atoms with Crippen LogP contribution in [-0.4, -0.2) is 24.1 Å². The molecule has 12 rings (SSSR count). The summed E-state index contributed by atoms with van der Waals surface area (Å²) in [6.45, 7) is 0. The van der Waals surface area contributed by atoms with Gasteiger partial charge in [0.05, 0.1) is 55.0 Å². The first-order valence-electron chi connectivity index (χ1n) is 31.0. The molecule has 0 radical (unpaired) electrons. The summed E-state index contributed by atoms with van der Waals surface area (Å²) in [5.41, 5.74) is -1.42. The van der Waals surface area contributed by atoms with Crippen LogP contribution in [0.15, 0.2) is 224 Å². The Morgan fingerprint density at radius 1 is 0.290 bits per heavy atom. The lowest BCUT2D eigenvalue weighted by Crippen LogP contribution is -2.10. The van der Waals surface area contributed by atoms with Gasteiger partial charge in [0.2, 0.25) is 11.9 Å². The van der Waals surface area contributed by atoms with Crippen LogP contribution < -0.4 is 0 Å². The van der Waals surface area contributed by atoms with E-state index in [-0.39, 0.29) is 22.2 Å². The Hall–Kier alpha value is -8.41. The average Bonchev–Trinajstić information content (AvgIpc) is 1.66. The monoisotopic (exact) mass is 815 g/mol. The van der Waals surface area contributed by atoms with Crippen molar-refractivity contribution >= 4 is 43.6 Å². The molecule has 0 N–H and O–H groups in total. The molecule has 0 saturated carbocycles. The van der Waals surface area contributed by atoms with Gasteiger partial charge < -0.3 is 0 Å². The van der Waals surface area contributed by atoms with Gasteiger partial charge in [-0.2, -0.15) is 15.0 Å². The van der Waals surface area contributed by atoms with Gasteiger partial charge in [-0.1, -0.05) is 200 Å². The van der Waals surface area contributed by atoms with Crippen LogP contribution in [0.25, 0.3) is 111 Å². The lowest BCUT2D eigenvalue weighted by atomic mass is 9.99. The fourth-order valence-corrected chi connectivity index (χ4v) is 7.40. The highest BCUT2D eigenvalue weighted by Gasteiger charge is 2.21. The molecule has 12 aromatic rings. The lowest BCUT2D eigenvalue weighted by Gasteiger charge is -2.13. The van der Waals surface area contributed by atoms with Gasteiger partial charge >= 0.3 is 0 Å². The van der Waals surface area contributed by atoms with Crippen molar-refractivity contribution in [3.63, 3.8) is 0 Å². The van der Waals surface area contributed by atoms with Crippen LogP contribution in [0.3, 0.4) is 0 Å². The number of benzene rings is 9. The Bertz CT molecular complexity index is 4750. The minimum atomic E-state index is -0.910. The summed E-state index contributed by atoms with van der Waals surface area (Å²) in [7, 11) is 0. The van der Waals surface area contributed by atoms with Gasteiger partial charge in [0.25, 0.3) is 0 Å². The van der Waals surface area contributed by atoms with Crippen LogP contribution in [0.2, 0.25) is 0 Å². The van der Waals surface area contributed by atoms with Crippen LogP contribution in [0.1, 0.15) is 32.9 Å². The van der Waals surface area contributed by atoms with Crippen LogP contribution in [0, 0.1) is 0 Å². The van der Waals surface area contributed by atoms with E-state index in [0.29, 0.717) is 5.56 Å². The van der Waals surface area contributed by atoms with Crippen LogP contribution in [0.4, 0.5) is 0 Å². The van der Waals surface area contributed by atoms with Gasteiger partial charge in [0.1, 0.15) is 0 Å². The van der Waals surface area contributed by atoms with Gasteiger partial charge in [0, 0.05) is 27.1 Å². The molecule has 62 heavy (non-hydrogen) atoms. The number of fused-ring (bicyclic) bond motifs is 6. The van der Waals surface area contributed by atoms with E-state index in [1.54, 1.807) is 24.3 Å². The molecule has 0 aliphatic rings. The van der Waals surface area contributed by atoms with Crippen LogP contribution in [0.5, 0.6) is 0 Å². The molecule has 0 amide bonds. The maximum absolute atomic E-state index is 10.1. The molecule has 3 heterocycles. The Kier molecular flexibility index (Phi) is 4.48. The number of rotatable bonds is 7. The van der Waals surface area contributed by atoms with Crippen molar-refractivity contribution in [3.8, 4) is 67.8 Å². The lowest BCUT2D eigenvalue weighted by molar-refractivity contribution is 0.893. The highest BCUT2D eigenvalue weighted by molar-refractivity contribution is 6.11. The molecule has 0 spiro atoms. The third-order valence-electron chi connectivity index (χ3n) is 10.3. The minimum Gasteiger partial charge on any atom is -0.278 e. The molecular weight excluding hydrogens is 755 g/mol. The Labute approximate surface area is 392 Å². The molecular formula is C57H37N5.